The van der Waals surface area contributed by atoms with Crippen molar-refractivity contribution in [3.8, 4) is 0 Å². The van der Waals surface area contributed by atoms with Crippen molar-refractivity contribution in [3.05, 3.63) is 51.5 Å². The van der Waals surface area contributed by atoms with Gasteiger partial charge in [0.15, 0.2) is 4.77 Å². The zero-order valence-corrected chi connectivity index (χ0v) is 12.1. The zero-order valence-electron chi connectivity index (χ0n) is 10.5. The smallest absolute Gasteiger partial charge is 0.178 e. The minimum atomic E-state index is -0.474. The van der Waals surface area contributed by atoms with Gasteiger partial charge in [-0.3, -0.25) is 9.97 Å². The monoisotopic (exact) mass is 308 g/mol. The lowest BCUT2D eigenvalue weighted by atomic mass is 10.3. The third-order valence-electron chi connectivity index (χ3n) is 2.97. The molecule has 0 unspecified atom stereocenters. The highest BCUT2D eigenvalue weighted by Crippen LogP contribution is 2.23. The third kappa shape index (κ3) is 2.32. The number of imidazole rings is 1. The molecule has 2 heterocycles. The molecule has 0 amide bonds. The average molecular weight is 309 g/mol. The molecule has 0 bridgehead atoms. The summed E-state index contributed by atoms with van der Waals surface area (Å²) in [6.07, 6.45) is 3.39. The molecule has 20 heavy (non-hydrogen) atoms. The maximum absolute atomic E-state index is 13.4. The number of aromatic nitrogens is 4. The summed E-state index contributed by atoms with van der Waals surface area (Å²) >= 11 is 11.1. The van der Waals surface area contributed by atoms with E-state index >= 15 is 0 Å². The number of nitrogens with zero attached hydrogens (tertiary/aromatic N) is 3. The number of H-pyrrole nitrogens is 1. The maximum atomic E-state index is 13.4. The van der Waals surface area contributed by atoms with Gasteiger partial charge >= 0.3 is 0 Å². The van der Waals surface area contributed by atoms with Gasteiger partial charge in [-0.1, -0.05) is 11.6 Å². The molecule has 0 saturated carbocycles. The standard InChI is InChI=1S/C13H10ClFN4S/c1-7-4-17-8(5-16-7)6-19-12-2-9(14)10(15)3-11(12)18-13(19)20/h2-5H,6H2,1H3,(H,18,20). The van der Waals surface area contributed by atoms with Gasteiger partial charge in [0.1, 0.15) is 5.82 Å². The lowest BCUT2D eigenvalue weighted by Gasteiger charge is -2.04. The highest BCUT2D eigenvalue weighted by atomic mass is 35.5. The van der Waals surface area contributed by atoms with Gasteiger partial charge in [0.25, 0.3) is 0 Å². The van der Waals surface area contributed by atoms with Gasteiger partial charge in [-0.05, 0) is 25.2 Å². The minimum absolute atomic E-state index is 0.0650. The van der Waals surface area contributed by atoms with Gasteiger partial charge < -0.3 is 9.55 Å². The van der Waals surface area contributed by atoms with Crippen LogP contribution in [-0.2, 0) is 6.54 Å². The Balaban J connectivity index is 2.11. The van der Waals surface area contributed by atoms with E-state index in [0.29, 0.717) is 16.8 Å². The average Bonchev–Trinajstić information content (AvgIpc) is 2.69. The lowest BCUT2D eigenvalue weighted by molar-refractivity contribution is 0.629. The first-order valence-electron chi connectivity index (χ1n) is 5.89. The van der Waals surface area contributed by atoms with E-state index in [1.54, 1.807) is 18.5 Å². The summed E-state index contributed by atoms with van der Waals surface area (Å²) in [5.41, 5.74) is 2.97. The molecule has 0 aliphatic carbocycles. The summed E-state index contributed by atoms with van der Waals surface area (Å²) in [7, 11) is 0. The molecule has 0 radical (unpaired) electrons. The van der Waals surface area contributed by atoms with E-state index in [1.807, 2.05) is 11.5 Å². The van der Waals surface area contributed by atoms with Crippen LogP contribution in [0.2, 0.25) is 5.02 Å². The number of hydrogen-bond acceptors (Lipinski definition) is 3. The first-order valence-corrected chi connectivity index (χ1v) is 6.68. The van der Waals surface area contributed by atoms with E-state index < -0.39 is 5.82 Å². The topological polar surface area (TPSA) is 46.5 Å². The van der Waals surface area contributed by atoms with Crippen molar-refractivity contribution in [3.63, 3.8) is 0 Å². The first-order chi connectivity index (χ1) is 9.54. The van der Waals surface area contributed by atoms with Crippen LogP contribution in [0, 0.1) is 17.5 Å². The van der Waals surface area contributed by atoms with Crippen molar-refractivity contribution in [2.75, 3.05) is 0 Å². The van der Waals surface area contributed by atoms with Gasteiger partial charge in [-0.15, -0.1) is 0 Å². The van der Waals surface area contributed by atoms with Crippen LogP contribution < -0.4 is 0 Å². The second-order valence-electron chi connectivity index (χ2n) is 4.45. The third-order valence-corrected chi connectivity index (χ3v) is 3.58. The molecular weight excluding hydrogens is 299 g/mol. The fourth-order valence-corrected chi connectivity index (χ4v) is 2.40. The fraction of sp³-hybridized carbons (Fsp3) is 0.154. The highest BCUT2D eigenvalue weighted by Gasteiger charge is 2.10. The molecule has 1 N–H and O–H groups in total. The largest absolute Gasteiger partial charge is 0.330 e. The number of aromatic amines is 1. The number of halogens is 2. The van der Waals surface area contributed by atoms with Crippen molar-refractivity contribution < 1.29 is 4.39 Å². The normalized spacial score (nSPS) is 11.2. The fourth-order valence-electron chi connectivity index (χ4n) is 1.97. The van der Waals surface area contributed by atoms with E-state index in [0.717, 1.165) is 16.9 Å². The molecule has 0 atom stereocenters. The van der Waals surface area contributed by atoms with E-state index in [4.69, 9.17) is 23.8 Å². The molecule has 0 spiro atoms. The Kier molecular flexibility index (Phi) is 3.27. The first kappa shape index (κ1) is 13.2. The van der Waals surface area contributed by atoms with Crippen LogP contribution in [-0.4, -0.2) is 19.5 Å². The Bertz CT molecular complexity index is 838. The summed E-state index contributed by atoms with van der Waals surface area (Å²) in [5.74, 6) is -0.474. The number of nitrogens with one attached hydrogen (secondary N) is 1. The molecule has 0 aliphatic rings. The Morgan fingerprint density at radius 1 is 1.35 bits per heavy atom. The number of aryl methyl sites for hydroxylation is 1. The van der Waals surface area contributed by atoms with Gasteiger partial charge in [-0.25, -0.2) is 4.39 Å². The summed E-state index contributed by atoms with van der Waals surface area (Å²) in [6, 6.07) is 2.89. The number of fused-ring (bicyclic) bond motifs is 1. The molecule has 7 heteroatoms. The summed E-state index contributed by atoms with van der Waals surface area (Å²) < 4.78 is 15.7. The van der Waals surface area contributed by atoms with Crippen molar-refractivity contribution in [1.82, 2.24) is 19.5 Å². The predicted octanol–water partition coefficient (Wildman–Crippen LogP) is 3.64. The molecule has 2 aromatic heterocycles. The maximum Gasteiger partial charge on any atom is 0.178 e. The highest BCUT2D eigenvalue weighted by molar-refractivity contribution is 7.71. The van der Waals surface area contributed by atoms with Gasteiger partial charge in [0.2, 0.25) is 0 Å². The Morgan fingerprint density at radius 3 is 2.85 bits per heavy atom. The molecule has 1 aromatic carbocycles. The summed E-state index contributed by atoms with van der Waals surface area (Å²) in [6.45, 7) is 2.32. The van der Waals surface area contributed by atoms with E-state index in [-0.39, 0.29) is 5.02 Å². The Labute approximate surface area is 124 Å². The van der Waals surface area contributed by atoms with Crippen LogP contribution in [0.15, 0.2) is 24.5 Å². The van der Waals surface area contributed by atoms with E-state index in [1.165, 1.54) is 6.07 Å². The SMILES string of the molecule is Cc1cnc(Cn2c(=S)[nH]c3cc(F)c(Cl)cc32)cn1. The zero-order chi connectivity index (χ0) is 14.3. The molecule has 3 aromatic rings. The second-order valence-corrected chi connectivity index (χ2v) is 5.24. The molecule has 4 nitrogen and oxygen atoms in total. The molecule has 3 rings (SSSR count). The molecule has 102 valence electrons. The van der Waals surface area contributed by atoms with Crippen LogP contribution >= 0.6 is 23.8 Å². The van der Waals surface area contributed by atoms with Crippen molar-refractivity contribution in [1.29, 1.82) is 0 Å². The molecule has 0 saturated heterocycles. The lowest BCUT2D eigenvalue weighted by Crippen LogP contribution is -2.03. The number of hydrogen-bond donors (Lipinski definition) is 1. The van der Waals surface area contributed by atoms with Crippen molar-refractivity contribution in [2.45, 2.75) is 13.5 Å². The molecule has 0 fully saturated rings. The van der Waals surface area contributed by atoms with E-state index in [9.17, 15) is 4.39 Å². The van der Waals surface area contributed by atoms with Gasteiger partial charge in [0.05, 0.1) is 40.2 Å². The summed E-state index contributed by atoms with van der Waals surface area (Å²) in [4.78, 5) is 11.4. The van der Waals surface area contributed by atoms with E-state index in [2.05, 4.69) is 15.0 Å². The van der Waals surface area contributed by atoms with Crippen LogP contribution in [0.25, 0.3) is 11.0 Å². The molecule has 0 aliphatic heterocycles. The summed E-state index contributed by atoms with van der Waals surface area (Å²) in [5, 5.41) is 0.0650. The van der Waals surface area contributed by atoms with Crippen molar-refractivity contribution >= 4 is 34.9 Å². The van der Waals surface area contributed by atoms with Gasteiger partial charge in [-0.2, -0.15) is 0 Å². The van der Waals surface area contributed by atoms with Crippen LogP contribution in [0.1, 0.15) is 11.4 Å². The van der Waals surface area contributed by atoms with Crippen LogP contribution in [0.3, 0.4) is 0 Å². The predicted molar refractivity (Wildman–Crippen MR) is 78.0 cm³/mol. The van der Waals surface area contributed by atoms with Crippen molar-refractivity contribution in [2.24, 2.45) is 0 Å². The minimum Gasteiger partial charge on any atom is -0.330 e. The quantitative estimate of drug-likeness (QED) is 0.735. The number of benzene rings is 1. The van der Waals surface area contributed by atoms with Crippen LogP contribution in [0.4, 0.5) is 4.39 Å². The number of rotatable bonds is 2. The second kappa shape index (κ2) is 4.96. The Morgan fingerprint density at radius 2 is 2.15 bits per heavy atom. The van der Waals surface area contributed by atoms with Crippen LogP contribution in [0.5, 0.6) is 0 Å². The Hall–Kier alpha value is -1.79. The van der Waals surface area contributed by atoms with Gasteiger partial charge in [0, 0.05) is 12.3 Å². The molecular formula is C13H10ClFN4S.